The van der Waals surface area contributed by atoms with E-state index in [-0.39, 0.29) is 5.56 Å². The lowest BCUT2D eigenvalue weighted by atomic mass is 9.82. The van der Waals surface area contributed by atoms with Crippen LogP contribution in [0.2, 0.25) is 0 Å². The molecule has 1 aromatic rings. The van der Waals surface area contributed by atoms with Gasteiger partial charge in [0.15, 0.2) is 11.6 Å². The predicted molar refractivity (Wildman–Crippen MR) is 75.5 cm³/mol. The first-order chi connectivity index (χ1) is 9.52. The summed E-state index contributed by atoms with van der Waals surface area (Å²) in [5, 5.41) is 0. The Balaban J connectivity index is 2.37. The Hall–Kier alpha value is -1.00. The van der Waals surface area contributed by atoms with E-state index in [1.807, 2.05) is 0 Å². The molecule has 1 unspecified atom stereocenters. The molecule has 20 heavy (non-hydrogen) atoms. The summed E-state index contributed by atoms with van der Waals surface area (Å²) in [7, 11) is 1.62. The summed E-state index contributed by atoms with van der Waals surface area (Å²) < 4.78 is 33.6. The molecule has 1 aliphatic rings. The van der Waals surface area contributed by atoms with Crippen molar-refractivity contribution in [3.63, 3.8) is 0 Å². The van der Waals surface area contributed by atoms with Crippen LogP contribution in [0.1, 0.15) is 55.7 Å². The molecule has 2 N–H and O–H groups in total. The highest BCUT2D eigenvalue weighted by Gasteiger charge is 2.39. The molecule has 1 fully saturated rings. The Bertz CT molecular complexity index is 468. The number of rotatable bonds is 3. The minimum Gasteiger partial charge on any atom is -0.376 e. The van der Waals surface area contributed by atoms with Gasteiger partial charge in [0.05, 0.1) is 11.6 Å². The van der Waals surface area contributed by atoms with Crippen LogP contribution in [0, 0.1) is 18.6 Å². The monoisotopic (exact) mass is 283 g/mol. The second-order valence-corrected chi connectivity index (χ2v) is 5.76. The van der Waals surface area contributed by atoms with E-state index in [0.717, 1.165) is 38.5 Å². The van der Waals surface area contributed by atoms with Crippen LogP contribution in [0.25, 0.3) is 0 Å². The van der Waals surface area contributed by atoms with Crippen molar-refractivity contribution < 1.29 is 13.5 Å². The lowest BCUT2D eigenvalue weighted by Crippen LogP contribution is -2.43. The summed E-state index contributed by atoms with van der Waals surface area (Å²) in [5.74, 6) is -1.64. The molecule has 0 amide bonds. The first kappa shape index (κ1) is 15.4. The highest BCUT2D eigenvalue weighted by molar-refractivity contribution is 5.29. The smallest absolute Gasteiger partial charge is 0.163 e. The van der Waals surface area contributed by atoms with Crippen LogP contribution in [-0.2, 0) is 4.74 Å². The number of aryl methyl sites for hydroxylation is 1. The van der Waals surface area contributed by atoms with Gasteiger partial charge in [0.2, 0.25) is 0 Å². The molecule has 0 heterocycles. The number of methoxy groups -OCH3 is 1. The molecule has 1 aromatic carbocycles. The Morgan fingerprint density at radius 2 is 1.70 bits per heavy atom. The summed E-state index contributed by atoms with van der Waals surface area (Å²) in [5.41, 5.74) is 6.20. The Kier molecular flexibility index (Phi) is 4.76. The number of hydrogen-bond acceptors (Lipinski definition) is 2. The first-order valence-electron chi connectivity index (χ1n) is 7.27. The molecule has 0 aromatic heterocycles. The van der Waals surface area contributed by atoms with Gasteiger partial charge in [0, 0.05) is 12.7 Å². The number of benzene rings is 1. The molecule has 0 bridgehead atoms. The molecule has 2 rings (SSSR count). The van der Waals surface area contributed by atoms with Gasteiger partial charge in [-0.15, -0.1) is 0 Å². The van der Waals surface area contributed by atoms with Crippen molar-refractivity contribution in [2.24, 2.45) is 5.73 Å². The second-order valence-electron chi connectivity index (χ2n) is 5.76. The maximum atomic E-state index is 14.2. The van der Waals surface area contributed by atoms with Gasteiger partial charge >= 0.3 is 0 Å². The minimum absolute atomic E-state index is 0.219. The topological polar surface area (TPSA) is 35.2 Å². The lowest BCUT2D eigenvalue weighted by Gasteiger charge is -2.37. The summed E-state index contributed by atoms with van der Waals surface area (Å²) in [6, 6.07) is 2.53. The van der Waals surface area contributed by atoms with Crippen LogP contribution in [0.3, 0.4) is 0 Å². The van der Waals surface area contributed by atoms with Crippen molar-refractivity contribution in [1.29, 1.82) is 0 Å². The molecule has 0 saturated heterocycles. The van der Waals surface area contributed by atoms with Crippen molar-refractivity contribution in [3.8, 4) is 0 Å². The standard InChI is InChI=1S/C16H23F2NO/c1-11-7-8-12(14(18)13(11)17)15(19)16(20-2)9-5-3-4-6-10-16/h7-8,15H,3-6,9-10,19H2,1-2H3. The second kappa shape index (κ2) is 6.19. The van der Waals surface area contributed by atoms with E-state index in [1.54, 1.807) is 26.2 Å². The molecule has 0 aliphatic heterocycles. The third kappa shape index (κ3) is 2.72. The Morgan fingerprint density at radius 3 is 2.25 bits per heavy atom. The molecular formula is C16H23F2NO. The fourth-order valence-corrected chi connectivity index (χ4v) is 3.15. The summed E-state index contributed by atoms with van der Waals surface area (Å²) in [6.07, 6.45) is 5.89. The number of halogens is 2. The first-order valence-corrected chi connectivity index (χ1v) is 7.27. The van der Waals surface area contributed by atoms with E-state index in [9.17, 15) is 8.78 Å². The van der Waals surface area contributed by atoms with Gasteiger partial charge in [-0.25, -0.2) is 8.78 Å². The average Bonchev–Trinajstić information content (AvgIpc) is 2.71. The van der Waals surface area contributed by atoms with Crippen molar-refractivity contribution >= 4 is 0 Å². The van der Waals surface area contributed by atoms with Gasteiger partial charge in [-0.2, -0.15) is 0 Å². The molecule has 112 valence electrons. The van der Waals surface area contributed by atoms with Gasteiger partial charge in [0.1, 0.15) is 0 Å². The molecule has 1 aliphatic carbocycles. The molecule has 4 heteroatoms. The van der Waals surface area contributed by atoms with Crippen LogP contribution in [0.4, 0.5) is 8.78 Å². The molecule has 0 spiro atoms. The highest BCUT2D eigenvalue weighted by atomic mass is 19.2. The lowest BCUT2D eigenvalue weighted by molar-refractivity contribution is -0.0450. The Morgan fingerprint density at radius 1 is 1.10 bits per heavy atom. The molecule has 1 atom stereocenters. The van der Waals surface area contributed by atoms with Crippen LogP contribution >= 0.6 is 0 Å². The van der Waals surface area contributed by atoms with Crippen LogP contribution in [0.15, 0.2) is 12.1 Å². The van der Waals surface area contributed by atoms with Crippen LogP contribution in [-0.4, -0.2) is 12.7 Å². The fraction of sp³-hybridized carbons (Fsp3) is 0.625. The maximum absolute atomic E-state index is 14.2. The largest absolute Gasteiger partial charge is 0.376 e. The minimum atomic E-state index is -0.835. The Labute approximate surface area is 119 Å². The van der Waals surface area contributed by atoms with Crippen molar-refractivity contribution in [2.45, 2.75) is 57.1 Å². The zero-order valence-corrected chi connectivity index (χ0v) is 12.2. The summed E-state index contributed by atoms with van der Waals surface area (Å²) in [6.45, 7) is 1.55. The van der Waals surface area contributed by atoms with E-state index in [4.69, 9.17) is 10.5 Å². The van der Waals surface area contributed by atoms with E-state index in [2.05, 4.69) is 0 Å². The number of nitrogens with two attached hydrogens (primary N) is 1. The normalized spacial score (nSPS) is 20.4. The van der Waals surface area contributed by atoms with Gasteiger partial charge in [-0.3, -0.25) is 0 Å². The summed E-state index contributed by atoms with van der Waals surface area (Å²) in [4.78, 5) is 0. The number of hydrogen-bond donors (Lipinski definition) is 1. The predicted octanol–water partition coefficient (Wildman–Crippen LogP) is 4.01. The van der Waals surface area contributed by atoms with E-state index in [1.165, 1.54) is 0 Å². The van der Waals surface area contributed by atoms with Crippen LogP contribution < -0.4 is 5.73 Å². The van der Waals surface area contributed by atoms with Gasteiger partial charge < -0.3 is 10.5 Å². The summed E-state index contributed by atoms with van der Waals surface area (Å²) >= 11 is 0. The molecule has 1 saturated carbocycles. The van der Waals surface area contributed by atoms with E-state index >= 15 is 0 Å². The number of ether oxygens (including phenoxy) is 1. The highest BCUT2D eigenvalue weighted by Crippen LogP contribution is 2.40. The molecule has 0 radical (unpaired) electrons. The fourth-order valence-electron chi connectivity index (χ4n) is 3.15. The van der Waals surface area contributed by atoms with Crippen LogP contribution in [0.5, 0.6) is 0 Å². The van der Waals surface area contributed by atoms with Crippen molar-refractivity contribution in [2.75, 3.05) is 7.11 Å². The maximum Gasteiger partial charge on any atom is 0.163 e. The molecular weight excluding hydrogens is 260 g/mol. The van der Waals surface area contributed by atoms with E-state index < -0.39 is 23.3 Å². The zero-order valence-electron chi connectivity index (χ0n) is 12.2. The zero-order chi connectivity index (χ0) is 14.8. The molecule has 2 nitrogen and oxygen atoms in total. The SMILES string of the molecule is COC1(C(N)c2ccc(C)c(F)c2F)CCCCCC1. The van der Waals surface area contributed by atoms with Gasteiger partial charge in [-0.1, -0.05) is 37.8 Å². The average molecular weight is 283 g/mol. The van der Waals surface area contributed by atoms with Crippen molar-refractivity contribution in [3.05, 3.63) is 34.9 Å². The van der Waals surface area contributed by atoms with Gasteiger partial charge in [0.25, 0.3) is 0 Å². The van der Waals surface area contributed by atoms with Gasteiger partial charge in [-0.05, 0) is 25.3 Å². The quantitative estimate of drug-likeness (QED) is 0.851. The third-order valence-corrected chi connectivity index (χ3v) is 4.56. The van der Waals surface area contributed by atoms with E-state index in [0.29, 0.717) is 5.56 Å². The third-order valence-electron chi connectivity index (χ3n) is 4.56. The van der Waals surface area contributed by atoms with Crippen molar-refractivity contribution in [1.82, 2.24) is 0 Å².